The third-order valence-electron chi connectivity index (χ3n) is 3.41. The van der Waals surface area contributed by atoms with Crippen LogP contribution in [0.5, 0.6) is 0 Å². The molecule has 1 rings (SSSR count). The van der Waals surface area contributed by atoms with Gasteiger partial charge < -0.3 is 4.90 Å². The molecule has 0 bridgehead atoms. The van der Waals surface area contributed by atoms with Crippen LogP contribution in [-0.4, -0.2) is 29.2 Å². The molecule has 1 saturated carbocycles. The Hall–Kier alpha value is -0.0500. The van der Waals surface area contributed by atoms with Crippen molar-refractivity contribution in [2.45, 2.75) is 39.2 Å². The van der Waals surface area contributed by atoms with E-state index in [-0.39, 0.29) is 5.92 Å². The van der Waals surface area contributed by atoms with E-state index in [1.807, 2.05) is 11.9 Å². The van der Waals surface area contributed by atoms with Gasteiger partial charge in [-0.1, -0.05) is 29.3 Å². The molecule has 0 heterocycles. The second kappa shape index (κ2) is 5.15. The predicted octanol–water partition coefficient (Wildman–Crippen LogP) is 2.66. The highest BCUT2D eigenvalue weighted by Crippen LogP contribution is 2.32. The zero-order valence-electron chi connectivity index (χ0n) is 9.29. The van der Waals surface area contributed by atoms with E-state index in [1.54, 1.807) is 0 Å². The lowest BCUT2D eigenvalue weighted by molar-refractivity contribution is -0.136. The van der Waals surface area contributed by atoms with Crippen molar-refractivity contribution < 1.29 is 4.79 Å². The largest absolute Gasteiger partial charge is 0.342 e. The Bertz CT molecular complexity index is 207. The fraction of sp³-hybridized carbons (Fsp3) is 0.909. The fourth-order valence-corrected chi connectivity index (χ4v) is 2.53. The maximum Gasteiger partial charge on any atom is 0.225 e. The van der Waals surface area contributed by atoms with Gasteiger partial charge in [-0.15, -0.1) is 0 Å². The molecule has 0 saturated heterocycles. The molecule has 1 fully saturated rings. The van der Waals surface area contributed by atoms with E-state index in [0.717, 1.165) is 11.8 Å². The van der Waals surface area contributed by atoms with E-state index < -0.39 is 0 Å². The summed E-state index contributed by atoms with van der Waals surface area (Å²) in [5.41, 5.74) is 0. The summed E-state index contributed by atoms with van der Waals surface area (Å²) < 4.78 is 0. The first kappa shape index (κ1) is 12.0. The van der Waals surface area contributed by atoms with Crippen molar-refractivity contribution in [2.75, 3.05) is 12.4 Å². The van der Waals surface area contributed by atoms with Gasteiger partial charge in [0.25, 0.3) is 0 Å². The average molecular weight is 262 g/mol. The van der Waals surface area contributed by atoms with Crippen LogP contribution in [0.2, 0.25) is 0 Å². The first-order chi connectivity index (χ1) is 6.57. The van der Waals surface area contributed by atoms with Gasteiger partial charge in [0.2, 0.25) is 5.91 Å². The Kier molecular flexibility index (Phi) is 4.42. The van der Waals surface area contributed by atoms with Gasteiger partial charge in [-0.3, -0.25) is 4.79 Å². The second-order valence-corrected chi connectivity index (χ2v) is 5.11. The Balaban J connectivity index is 2.55. The second-order valence-electron chi connectivity index (χ2n) is 4.47. The smallest absolute Gasteiger partial charge is 0.225 e. The number of hydrogen-bond donors (Lipinski definition) is 0. The van der Waals surface area contributed by atoms with Gasteiger partial charge in [-0.05, 0) is 25.7 Å². The van der Waals surface area contributed by atoms with E-state index in [0.29, 0.717) is 17.9 Å². The summed E-state index contributed by atoms with van der Waals surface area (Å²) in [6.45, 7) is 4.27. The van der Waals surface area contributed by atoms with Crippen molar-refractivity contribution in [3.63, 3.8) is 0 Å². The molecule has 14 heavy (non-hydrogen) atoms. The standard InChI is InChI=1S/C11H20BrNO/c1-8-5-4-6-10(8)11(14)13(3)9(2)7-12/h8-10H,4-7H2,1-3H3. The highest BCUT2D eigenvalue weighted by atomic mass is 79.9. The first-order valence-electron chi connectivity index (χ1n) is 5.40. The van der Waals surface area contributed by atoms with Crippen LogP contribution in [0.25, 0.3) is 0 Å². The lowest BCUT2D eigenvalue weighted by Gasteiger charge is -2.27. The van der Waals surface area contributed by atoms with Gasteiger partial charge in [0.15, 0.2) is 0 Å². The molecular formula is C11H20BrNO. The third-order valence-corrected chi connectivity index (χ3v) is 4.35. The van der Waals surface area contributed by atoms with Crippen LogP contribution in [0.3, 0.4) is 0 Å². The highest BCUT2D eigenvalue weighted by Gasteiger charge is 2.32. The van der Waals surface area contributed by atoms with E-state index >= 15 is 0 Å². The van der Waals surface area contributed by atoms with E-state index in [4.69, 9.17) is 0 Å². The topological polar surface area (TPSA) is 20.3 Å². The molecule has 0 radical (unpaired) electrons. The molecule has 0 aromatic heterocycles. The van der Waals surface area contributed by atoms with Crippen LogP contribution in [-0.2, 0) is 4.79 Å². The van der Waals surface area contributed by atoms with Crippen molar-refractivity contribution >= 4 is 21.8 Å². The number of amides is 1. The number of rotatable bonds is 3. The number of halogens is 1. The van der Waals surface area contributed by atoms with Gasteiger partial charge in [0.1, 0.15) is 0 Å². The third kappa shape index (κ3) is 2.50. The lowest BCUT2D eigenvalue weighted by Crippen LogP contribution is -2.40. The van der Waals surface area contributed by atoms with Crippen LogP contribution in [0.4, 0.5) is 0 Å². The average Bonchev–Trinajstić information content (AvgIpc) is 2.61. The number of carbonyl (C=O) groups excluding carboxylic acids is 1. The maximum absolute atomic E-state index is 12.1. The van der Waals surface area contributed by atoms with Crippen LogP contribution in [0.1, 0.15) is 33.1 Å². The highest BCUT2D eigenvalue weighted by molar-refractivity contribution is 9.09. The summed E-state index contributed by atoms with van der Waals surface area (Å²) in [5, 5.41) is 0.857. The fourth-order valence-electron chi connectivity index (χ4n) is 2.09. The molecule has 0 spiro atoms. The number of alkyl halides is 1. The van der Waals surface area contributed by atoms with Crippen LogP contribution in [0, 0.1) is 11.8 Å². The van der Waals surface area contributed by atoms with Gasteiger partial charge in [0.05, 0.1) is 0 Å². The van der Waals surface area contributed by atoms with Gasteiger partial charge in [-0.2, -0.15) is 0 Å². The van der Waals surface area contributed by atoms with Crippen molar-refractivity contribution in [3.8, 4) is 0 Å². The SMILES string of the molecule is CC1CCCC1C(=O)N(C)C(C)CBr. The summed E-state index contributed by atoms with van der Waals surface area (Å²) in [5.74, 6) is 1.19. The molecule has 2 nitrogen and oxygen atoms in total. The quantitative estimate of drug-likeness (QED) is 0.716. The molecule has 3 heteroatoms. The lowest BCUT2D eigenvalue weighted by atomic mass is 9.96. The summed E-state index contributed by atoms with van der Waals surface area (Å²) in [6.07, 6.45) is 3.51. The minimum absolute atomic E-state index is 0.279. The minimum atomic E-state index is 0.279. The number of hydrogen-bond acceptors (Lipinski definition) is 1. The molecule has 0 aliphatic heterocycles. The molecule has 3 atom stereocenters. The van der Waals surface area contributed by atoms with E-state index in [9.17, 15) is 4.79 Å². The summed E-state index contributed by atoms with van der Waals surface area (Å²) in [7, 11) is 1.92. The van der Waals surface area contributed by atoms with Gasteiger partial charge >= 0.3 is 0 Å². The molecular weight excluding hydrogens is 242 g/mol. The Morgan fingerprint density at radius 3 is 2.64 bits per heavy atom. The van der Waals surface area contributed by atoms with Crippen molar-refractivity contribution in [1.29, 1.82) is 0 Å². The van der Waals surface area contributed by atoms with Crippen LogP contribution < -0.4 is 0 Å². The zero-order chi connectivity index (χ0) is 10.7. The molecule has 3 unspecified atom stereocenters. The van der Waals surface area contributed by atoms with Crippen LogP contribution in [0.15, 0.2) is 0 Å². The first-order valence-corrected chi connectivity index (χ1v) is 6.52. The summed E-state index contributed by atoms with van der Waals surface area (Å²) in [6, 6.07) is 0.301. The van der Waals surface area contributed by atoms with Crippen molar-refractivity contribution in [1.82, 2.24) is 4.90 Å². The molecule has 0 N–H and O–H groups in total. The molecule has 82 valence electrons. The van der Waals surface area contributed by atoms with E-state index in [1.165, 1.54) is 12.8 Å². The Morgan fingerprint density at radius 2 is 2.21 bits per heavy atom. The number of carbonyl (C=O) groups is 1. The van der Waals surface area contributed by atoms with Crippen LogP contribution >= 0.6 is 15.9 Å². The monoisotopic (exact) mass is 261 g/mol. The summed E-state index contributed by atoms with van der Waals surface area (Å²) >= 11 is 3.41. The van der Waals surface area contributed by atoms with Gasteiger partial charge in [0, 0.05) is 24.3 Å². The molecule has 0 aromatic rings. The molecule has 0 aromatic carbocycles. The number of nitrogens with zero attached hydrogens (tertiary/aromatic N) is 1. The molecule has 1 aliphatic carbocycles. The predicted molar refractivity (Wildman–Crippen MR) is 62.5 cm³/mol. The van der Waals surface area contributed by atoms with E-state index in [2.05, 4.69) is 29.8 Å². The normalized spacial score (nSPS) is 28.9. The van der Waals surface area contributed by atoms with Crippen molar-refractivity contribution in [2.24, 2.45) is 11.8 Å². The molecule has 1 aliphatic rings. The molecule has 1 amide bonds. The maximum atomic E-state index is 12.1. The Labute approximate surface area is 95.2 Å². The van der Waals surface area contributed by atoms with Crippen molar-refractivity contribution in [3.05, 3.63) is 0 Å². The van der Waals surface area contributed by atoms with Gasteiger partial charge in [-0.25, -0.2) is 0 Å². The Morgan fingerprint density at radius 1 is 1.57 bits per heavy atom. The summed E-state index contributed by atoms with van der Waals surface area (Å²) in [4.78, 5) is 14.0. The zero-order valence-corrected chi connectivity index (χ0v) is 10.9. The minimum Gasteiger partial charge on any atom is -0.342 e.